The molecule has 2 rings (SSSR count). The van der Waals surface area contributed by atoms with Crippen LogP contribution in [0.5, 0.6) is 0 Å². The largest absolute Gasteiger partial charge is 0.457 e. The lowest BCUT2D eigenvalue weighted by atomic mass is 10.1. The highest BCUT2D eigenvalue weighted by molar-refractivity contribution is 9.10. The van der Waals surface area contributed by atoms with E-state index in [9.17, 15) is 4.79 Å². The molecule has 0 unspecified atom stereocenters. The van der Waals surface area contributed by atoms with Crippen molar-refractivity contribution in [2.45, 2.75) is 6.92 Å². The van der Waals surface area contributed by atoms with Gasteiger partial charge in [-0.2, -0.15) is 0 Å². The highest BCUT2D eigenvalue weighted by Crippen LogP contribution is 2.28. The van der Waals surface area contributed by atoms with E-state index in [4.69, 9.17) is 16.0 Å². The molecular weight excluding hydrogens is 316 g/mol. The predicted octanol–water partition coefficient (Wildman–Crippen LogP) is 4.80. The van der Waals surface area contributed by atoms with Gasteiger partial charge < -0.3 is 4.42 Å². The Morgan fingerprint density at radius 3 is 2.78 bits per heavy atom. The summed E-state index contributed by atoms with van der Waals surface area (Å²) in [6.45, 7) is 2.01. The molecule has 0 aliphatic rings. The first-order valence-corrected chi connectivity index (χ1v) is 6.47. The van der Waals surface area contributed by atoms with Crippen LogP contribution in [0.3, 0.4) is 0 Å². The third kappa shape index (κ3) is 3.12. The van der Waals surface area contributed by atoms with Crippen molar-refractivity contribution < 1.29 is 9.21 Å². The van der Waals surface area contributed by atoms with E-state index in [1.807, 2.05) is 31.2 Å². The number of halogens is 2. The normalized spacial score (nSPS) is 11.1. The Hall–Kier alpha value is -1.32. The number of aryl methyl sites for hydroxylation is 1. The standard InChI is InChI=1S/C14H10BrClO2/c1-9-8-10(15)2-5-12(9)13-6-3-11(18-13)4-7-14(16)17/h2-8H,1H3/b7-4+. The van der Waals surface area contributed by atoms with E-state index in [1.165, 1.54) is 6.08 Å². The van der Waals surface area contributed by atoms with Gasteiger partial charge in [0.1, 0.15) is 11.5 Å². The molecule has 1 aromatic heterocycles. The summed E-state index contributed by atoms with van der Waals surface area (Å²) in [5.74, 6) is 1.36. The maximum Gasteiger partial charge on any atom is 0.245 e. The van der Waals surface area contributed by atoms with Gasteiger partial charge in [-0.15, -0.1) is 0 Å². The lowest BCUT2D eigenvalue weighted by Crippen LogP contribution is -1.80. The van der Waals surface area contributed by atoms with E-state index >= 15 is 0 Å². The second-order valence-electron chi connectivity index (χ2n) is 3.80. The van der Waals surface area contributed by atoms with E-state index in [1.54, 1.807) is 12.1 Å². The Balaban J connectivity index is 2.32. The zero-order valence-corrected chi connectivity index (χ0v) is 12.0. The Labute approximate surface area is 118 Å². The maximum atomic E-state index is 10.6. The van der Waals surface area contributed by atoms with Gasteiger partial charge in [0.2, 0.25) is 5.24 Å². The summed E-state index contributed by atoms with van der Waals surface area (Å²) < 4.78 is 6.66. The minimum Gasteiger partial charge on any atom is -0.457 e. The average Bonchev–Trinajstić information content (AvgIpc) is 2.75. The second kappa shape index (κ2) is 5.55. The molecule has 0 saturated heterocycles. The van der Waals surface area contributed by atoms with Gasteiger partial charge in [-0.05, 0) is 60.5 Å². The van der Waals surface area contributed by atoms with Crippen molar-refractivity contribution in [3.63, 3.8) is 0 Å². The molecule has 2 aromatic rings. The first-order valence-electron chi connectivity index (χ1n) is 5.30. The minimum atomic E-state index is -0.521. The number of rotatable bonds is 3. The summed E-state index contributed by atoms with van der Waals surface area (Å²) in [6, 6.07) is 9.64. The van der Waals surface area contributed by atoms with Gasteiger partial charge in [-0.3, -0.25) is 4.79 Å². The van der Waals surface area contributed by atoms with Crippen LogP contribution in [0.4, 0.5) is 0 Å². The van der Waals surface area contributed by atoms with Crippen molar-refractivity contribution >= 4 is 38.8 Å². The topological polar surface area (TPSA) is 30.2 Å². The summed E-state index contributed by atoms with van der Waals surface area (Å²) in [4.78, 5) is 10.6. The van der Waals surface area contributed by atoms with Crippen LogP contribution in [0.25, 0.3) is 17.4 Å². The Bertz CT molecular complexity index is 614. The molecule has 0 aliphatic carbocycles. The van der Waals surface area contributed by atoms with Crippen LogP contribution in [-0.4, -0.2) is 5.24 Å². The first-order chi connectivity index (χ1) is 8.56. The van der Waals surface area contributed by atoms with Crippen LogP contribution >= 0.6 is 27.5 Å². The Morgan fingerprint density at radius 2 is 2.11 bits per heavy atom. The van der Waals surface area contributed by atoms with Crippen LogP contribution in [0.2, 0.25) is 0 Å². The smallest absolute Gasteiger partial charge is 0.245 e. The fourth-order valence-corrected chi connectivity index (χ4v) is 2.18. The molecule has 92 valence electrons. The summed E-state index contributed by atoms with van der Waals surface area (Å²) in [5.41, 5.74) is 2.14. The lowest BCUT2D eigenvalue weighted by Gasteiger charge is -2.02. The zero-order valence-electron chi connectivity index (χ0n) is 9.61. The SMILES string of the molecule is Cc1cc(Br)ccc1-c1ccc(/C=C/C(=O)Cl)o1. The van der Waals surface area contributed by atoms with Gasteiger partial charge in [0, 0.05) is 16.1 Å². The average molecular weight is 326 g/mol. The van der Waals surface area contributed by atoms with E-state index in [-0.39, 0.29) is 0 Å². The molecule has 0 spiro atoms. The maximum absolute atomic E-state index is 10.6. The lowest BCUT2D eigenvalue weighted by molar-refractivity contribution is -0.107. The minimum absolute atomic E-state index is 0.521. The van der Waals surface area contributed by atoms with Gasteiger partial charge >= 0.3 is 0 Å². The van der Waals surface area contributed by atoms with Crippen molar-refractivity contribution in [2.24, 2.45) is 0 Å². The first kappa shape index (κ1) is 13.1. The molecule has 18 heavy (non-hydrogen) atoms. The number of allylic oxidation sites excluding steroid dienone is 1. The number of furan rings is 1. The highest BCUT2D eigenvalue weighted by Gasteiger charge is 2.06. The van der Waals surface area contributed by atoms with Crippen LogP contribution in [0, 0.1) is 6.92 Å². The molecule has 0 aliphatic heterocycles. The number of hydrogen-bond donors (Lipinski definition) is 0. The van der Waals surface area contributed by atoms with E-state index in [0.717, 1.165) is 21.4 Å². The van der Waals surface area contributed by atoms with Crippen molar-refractivity contribution in [2.75, 3.05) is 0 Å². The quantitative estimate of drug-likeness (QED) is 0.599. The van der Waals surface area contributed by atoms with Gasteiger partial charge in [0.15, 0.2) is 0 Å². The highest BCUT2D eigenvalue weighted by atomic mass is 79.9. The molecular formula is C14H10BrClO2. The number of benzene rings is 1. The second-order valence-corrected chi connectivity index (χ2v) is 5.09. The van der Waals surface area contributed by atoms with Gasteiger partial charge in [-0.1, -0.05) is 15.9 Å². The van der Waals surface area contributed by atoms with Gasteiger partial charge in [-0.25, -0.2) is 0 Å². The van der Waals surface area contributed by atoms with Crippen molar-refractivity contribution in [1.82, 2.24) is 0 Å². The third-order valence-electron chi connectivity index (χ3n) is 2.46. The Morgan fingerprint density at radius 1 is 1.33 bits per heavy atom. The van der Waals surface area contributed by atoms with Crippen LogP contribution < -0.4 is 0 Å². The molecule has 0 radical (unpaired) electrons. The van der Waals surface area contributed by atoms with Crippen molar-refractivity contribution in [3.05, 3.63) is 52.2 Å². The number of carbonyl (C=O) groups excluding carboxylic acids is 1. The fraction of sp³-hybridized carbons (Fsp3) is 0.0714. The van der Waals surface area contributed by atoms with Crippen LogP contribution in [0.1, 0.15) is 11.3 Å². The summed E-state index contributed by atoms with van der Waals surface area (Å²) >= 11 is 8.64. The molecule has 0 fully saturated rings. The van der Waals surface area contributed by atoms with Gasteiger partial charge in [0.25, 0.3) is 0 Å². The van der Waals surface area contributed by atoms with E-state index < -0.39 is 5.24 Å². The number of hydrogen-bond acceptors (Lipinski definition) is 2. The predicted molar refractivity (Wildman–Crippen MR) is 76.5 cm³/mol. The monoisotopic (exact) mass is 324 g/mol. The van der Waals surface area contributed by atoms with Crippen LogP contribution in [-0.2, 0) is 4.79 Å². The molecule has 0 bridgehead atoms. The van der Waals surface area contributed by atoms with Gasteiger partial charge in [0.05, 0.1) is 0 Å². The molecule has 0 atom stereocenters. The van der Waals surface area contributed by atoms with Crippen LogP contribution in [0.15, 0.2) is 45.3 Å². The molecule has 1 aromatic carbocycles. The number of carbonyl (C=O) groups is 1. The summed E-state index contributed by atoms with van der Waals surface area (Å²) in [7, 11) is 0. The Kier molecular flexibility index (Phi) is 4.04. The molecule has 1 heterocycles. The third-order valence-corrected chi connectivity index (χ3v) is 3.08. The van der Waals surface area contributed by atoms with E-state index in [0.29, 0.717) is 5.76 Å². The van der Waals surface area contributed by atoms with Crippen molar-refractivity contribution in [1.29, 1.82) is 0 Å². The summed E-state index contributed by atoms with van der Waals surface area (Å²) in [6.07, 6.45) is 2.81. The fourth-order valence-electron chi connectivity index (χ4n) is 1.64. The van der Waals surface area contributed by atoms with E-state index in [2.05, 4.69) is 15.9 Å². The molecule has 4 heteroatoms. The molecule has 0 saturated carbocycles. The summed E-state index contributed by atoms with van der Waals surface area (Å²) in [5, 5.41) is -0.521. The van der Waals surface area contributed by atoms with Crippen molar-refractivity contribution in [3.8, 4) is 11.3 Å². The molecule has 0 amide bonds. The molecule has 0 N–H and O–H groups in total. The zero-order chi connectivity index (χ0) is 13.1. The molecule has 2 nitrogen and oxygen atoms in total.